The van der Waals surface area contributed by atoms with Crippen LogP contribution in [0.15, 0.2) is 58.3 Å². The van der Waals surface area contributed by atoms with E-state index in [4.69, 9.17) is 4.43 Å². The topological polar surface area (TPSA) is 66.1 Å². The van der Waals surface area contributed by atoms with E-state index in [0.29, 0.717) is 23.9 Å². The van der Waals surface area contributed by atoms with Gasteiger partial charge in [-0.15, -0.1) is 0 Å². The maximum Gasteiger partial charge on any atom is 0.282 e. The smallest absolute Gasteiger partial charge is 0.282 e. The molecule has 0 fully saturated rings. The molecule has 0 unspecified atom stereocenters. The maximum atomic E-state index is 15.5. The van der Waals surface area contributed by atoms with Crippen LogP contribution < -0.4 is 11.1 Å². The standard InChI is InChI=1S/C33H40FN3O3Si/c1-32(2,3)21-15-20-19-35-37(31(39)30(20)26(34)16-21)27-12-10-11-23-24-13-14-29(38)36(7)28(24)18-22(17-25(23)27)40-41(8,9)33(4,5)6/h10-16,19,22H,17-18H2,1-9H3/t22-/m1/s1. The molecule has 2 aromatic heterocycles. The lowest BCUT2D eigenvalue weighted by Crippen LogP contribution is -2.45. The number of fused-ring (bicyclic) bond motifs is 4. The molecule has 41 heavy (non-hydrogen) atoms. The van der Waals surface area contributed by atoms with E-state index in [2.05, 4.69) is 39.0 Å². The van der Waals surface area contributed by atoms with Crippen LogP contribution in [-0.4, -0.2) is 28.8 Å². The van der Waals surface area contributed by atoms with Crippen LogP contribution in [0.4, 0.5) is 4.39 Å². The lowest BCUT2D eigenvalue weighted by atomic mass is 9.86. The van der Waals surface area contributed by atoms with Crippen LogP contribution in [0.3, 0.4) is 0 Å². The summed E-state index contributed by atoms with van der Waals surface area (Å²) in [6, 6.07) is 12.5. The largest absolute Gasteiger partial charge is 0.413 e. The van der Waals surface area contributed by atoms with Gasteiger partial charge in [0.25, 0.3) is 5.56 Å². The summed E-state index contributed by atoms with van der Waals surface area (Å²) in [7, 11) is -0.386. The molecule has 1 aliphatic rings. The van der Waals surface area contributed by atoms with Crippen molar-refractivity contribution in [2.75, 3.05) is 0 Å². The average molecular weight is 574 g/mol. The summed E-state index contributed by atoms with van der Waals surface area (Å²) in [6.07, 6.45) is 2.45. The van der Waals surface area contributed by atoms with E-state index >= 15 is 4.39 Å². The van der Waals surface area contributed by atoms with Gasteiger partial charge in [0.15, 0.2) is 8.32 Å². The fourth-order valence-corrected chi connectivity index (χ4v) is 6.79. The monoisotopic (exact) mass is 573 g/mol. The number of rotatable bonds is 3. The average Bonchev–Trinajstić information content (AvgIpc) is 3.01. The number of halogens is 1. The first-order valence-electron chi connectivity index (χ1n) is 14.2. The molecule has 0 bridgehead atoms. The van der Waals surface area contributed by atoms with Crippen LogP contribution in [-0.2, 0) is 29.7 Å². The van der Waals surface area contributed by atoms with Crippen molar-refractivity contribution >= 4 is 19.1 Å². The Morgan fingerprint density at radius 1 is 0.976 bits per heavy atom. The van der Waals surface area contributed by atoms with Crippen molar-refractivity contribution in [3.8, 4) is 16.8 Å². The molecular formula is C33H40FN3O3Si. The molecule has 0 saturated heterocycles. The van der Waals surface area contributed by atoms with Crippen molar-refractivity contribution in [2.45, 2.75) is 84.0 Å². The molecular weight excluding hydrogens is 533 g/mol. The zero-order valence-corrected chi connectivity index (χ0v) is 26.6. The lowest BCUT2D eigenvalue weighted by molar-refractivity contribution is 0.179. The van der Waals surface area contributed by atoms with Gasteiger partial charge in [0, 0.05) is 42.6 Å². The van der Waals surface area contributed by atoms with E-state index in [1.807, 2.05) is 51.1 Å². The SMILES string of the molecule is Cn1c2c(ccc1=O)-c1cccc(-n3ncc4cc(C(C)(C)C)cc(F)c4c3=O)c1C[C@@H](O[Si](C)(C)C(C)(C)C)C2. The third-order valence-electron chi connectivity index (χ3n) is 8.93. The first kappa shape index (κ1) is 29.1. The third-order valence-corrected chi connectivity index (χ3v) is 13.5. The van der Waals surface area contributed by atoms with Gasteiger partial charge in [-0.25, -0.2) is 4.39 Å². The van der Waals surface area contributed by atoms with Crippen LogP contribution in [0, 0.1) is 5.82 Å². The van der Waals surface area contributed by atoms with E-state index in [1.165, 1.54) is 10.7 Å². The van der Waals surface area contributed by atoms with Crippen LogP contribution in [0.25, 0.3) is 27.6 Å². The lowest BCUT2D eigenvalue weighted by Gasteiger charge is -2.39. The first-order valence-corrected chi connectivity index (χ1v) is 17.1. The molecule has 0 spiro atoms. The highest BCUT2D eigenvalue weighted by molar-refractivity contribution is 6.74. The number of nitrogens with zero attached hydrogens (tertiary/aromatic N) is 3. The van der Waals surface area contributed by atoms with Crippen LogP contribution in [0.2, 0.25) is 18.1 Å². The highest BCUT2D eigenvalue weighted by Gasteiger charge is 2.40. The van der Waals surface area contributed by atoms with Crippen LogP contribution in [0.1, 0.15) is 58.4 Å². The van der Waals surface area contributed by atoms with Crippen molar-refractivity contribution in [2.24, 2.45) is 7.05 Å². The van der Waals surface area contributed by atoms with Gasteiger partial charge in [0.1, 0.15) is 5.82 Å². The fraction of sp³-hybridized carbons (Fsp3) is 0.424. The van der Waals surface area contributed by atoms with Gasteiger partial charge in [0.05, 0.1) is 23.4 Å². The van der Waals surface area contributed by atoms with Gasteiger partial charge in [-0.1, -0.05) is 53.7 Å². The van der Waals surface area contributed by atoms with Gasteiger partial charge in [0.2, 0.25) is 5.56 Å². The highest BCUT2D eigenvalue weighted by atomic mass is 28.4. The number of hydrogen-bond donors (Lipinski definition) is 0. The van der Waals surface area contributed by atoms with E-state index in [9.17, 15) is 9.59 Å². The van der Waals surface area contributed by atoms with Crippen molar-refractivity contribution in [3.63, 3.8) is 0 Å². The molecule has 0 radical (unpaired) electrons. The van der Waals surface area contributed by atoms with Crippen molar-refractivity contribution in [1.82, 2.24) is 14.3 Å². The molecule has 2 heterocycles. The van der Waals surface area contributed by atoms with Gasteiger partial charge in [-0.05, 0) is 64.5 Å². The van der Waals surface area contributed by atoms with Crippen molar-refractivity contribution in [1.29, 1.82) is 0 Å². The molecule has 5 rings (SSSR count). The molecule has 0 saturated carbocycles. The van der Waals surface area contributed by atoms with Crippen molar-refractivity contribution < 1.29 is 8.82 Å². The summed E-state index contributed by atoms with van der Waals surface area (Å²) in [4.78, 5) is 26.5. The first-order chi connectivity index (χ1) is 19.0. The van der Waals surface area contributed by atoms with Gasteiger partial charge in [-0.3, -0.25) is 9.59 Å². The molecule has 0 amide bonds. The van der Waals surface area contributed by atoms with Gasteiger partial charge in [-0.2, -0.15) is 9.78 Å². The Balaban J connectivity index is 1.74. The van der Waals surface area contributed by atoms with Crippen LogP contribution >= 0.6 is 0 Å². The fourth-order valence-electron chi connectivity index (χ4n) is 5.44. The normalized spacial score (nSPS) is 15.9. The Bertz CT molecular complexity index is 1790. The number of benzene rings is 2. The second-order valence-electron chi connectivity index (χ2n) is 13.8. The molecule has 6 nitrogen and oxygen atoms in total. The molecule has 2 aromatic carbocycles. The van der Waals surface area contributed by atoms with E-state index in [0.717, 1.165) is 27.9 Å². The predicted molar refractivity (Wildman–Crippen MR) is 166 cm³/mol. The Kier molecular flexibility index (Phi) is 7.02. The summed E-state index contributed by atoms with van der Waals surface area (Å²) in [5.41, 5.74) is 4.21. The highest BCUT2D eigenvalue weighted by Crippen LogP contribution is 2.41. The molecule has 8 heteroatoms. The molecule has 0 N–H and O–H groups in total. The number of aromatic nitrogens is 3. The van der Waals surface area contributed by atoms with Crippen LogP contribution in [0.5, 0.6) is 0 Å². The molecule has 4 aromatic rings. The second-order valence-corrected chi connectivity index (χ2v) is 18.6. The van der Waals surface area contributed by atoms with E-state index in [-0.39, 0.29) is 27.5 Å². The minimum absolute atomic E-state index is 0.00662. The summed E-state index contributed by atoms with van der Waals surface area (Å²) < 4.78 is 25.4. The maximum absolute atomic E-state index is 15.5. The quantitative estimate of drug-likeness (QED) is 0.257. The zero-order valence-electron chi connectivity index (χ0n) is 25.6. The van der Waals surface area contributed by atoms with Gasteiger partial charge < -0.3 is 8.99 Å². The number of hydrogen-bond acceptors (Lipinski definition) is 4. The van der Waals surface area contributed by atoms with Gasteiger partial charge >= 0.3 is 0 Å². The summed E-state index contributed by atoms with van der Waals surface area (Å²) in [5, 5.41) is 5.06. The predicted octanol–water partition coefficient (Wildman–Crippen LogP) is 6.68. The van der Waals surface area contributed by atoms with Crippen molar-refractivity contribution in [3.05, 3.63) is 92.0 Å². The molecule has 216 valence electrons. The Morgan fingerprint density at radius 2 is 1.68 bits per heavy atom. The second kappa shape index (κ2) is 9.88. The minimum Gasteiger partial charge on any atom is -0.413 e. The minimum atomic E-state index is -2.18. The molecule has 0 aliphatic heterocycles. The van der Waals surface area contributed by atoms with E-state index < -0.39 is 19.7 Å². The Labute approximate surface area is 241 Å². The van der Waals surface area contributed by atoms with E-state index in [1.54, 1.807) is 23.9 Å². The summed E-state index contributed by atoms with van der Waals surface area (Å²) in [5.74, 6) is -0.546. The Morgan fingerprint density at radius 3 is 2.34 bits per heavy atom. The molecule has 1 atom stereocenters. The molecule has 1 aliphatic carbocycles. The summed E-state index contributed by atoms with van der Waals surface area (Å²) >= 11 is 0. The number of pyridine rings is 1. The summed E-state index contributed by atoms with van der Waals surface area (Å²) in [6.45, 7) is 17.1. The third kappa shape index (κ3) is 5.12. The zero-order chi connectivity index (χ0) is 30.1. The Hall–Kier alpha value is -3.36.